The number of hydrogen-bond donors (Lipinski definition) is 0. The van der Waals surface area contributed by atoms with E-state index in [9.17, 15) is 0 Å². The van der Waals surface area contributed by atoms with Gasteiger partial charge in [-0.15, -0.1) is 0 Å². The Morgan fingerprint density at radius 1 is 0.346 bits per heavy atom. The standard InChI is InChI=1S/C48H36O2P2/c1-47(2)35-25-29(51-43-17-9-5-13-39(43)49-40-14-6-10-18-44(40)51)21-23-31(35)33-28-38-34(27-37(33)47)32-24-22-30(26-36(32)48(38,3)4)52-45-19-11-7-15-41(45)50-42-16-8-12-20-46(42)52/h5-28H,1-4H3. The van der Waals surface area contributed by atoms with Gasteiger partial charge in [0.25, 0.3) is 0 Å². The van der Waals surface area contributed by atoms with Gasteiger partial charge in [-0.1, -0.05) is 125 Å². The molecule has 250 valence electrons. The zero-order valence-corrected chi connectivity index (χ0v) is 31.4. The minimum Gasteiger partial charge on any atom is -0.456 e. The fraction of sp³-hybridized carbons (Fsp3) is 0.125. The van der Waals surface area contributed by atoms with Crippen LogP contribution in [0, 0.1) is 0 Å². The lowest BCUT2D eigenvalue weighted by atomic mass is 9.79. The minimum atomic E-state index is -0.750. The predicted molar refractivity (Wildman–Crippen MR) is 219 cm³/mol. The maximum Gasteiger partial charge on any atom is 0.135 e. The molecule has 4 heteroatoms. The Labute approximate surface area is 307 Å². The zero-order chi connectivity index (χ0) is 34.9. The van der Waals surface area contributed by atoms with Gasteiger partial charge in [-0.2, -0.15) is 0 Å². The molecule has 0 radical (unpaired) electrons. The Bertz CT molecular complexity index is 2390. The fourth-order valence-corrected chi connectivity index (χ4v) is 14.1. The predicted octanol–water partition coefficient (Wildman–Crippen LogP) is 10.0. The fourth-order valence-electron chi connectivity index (χ4n) is 9.18. The van der Waals surface area contributed by atoms with Gasteiger partial charge >= 0.3 is 0 Å². The number of hydrogen-bond acceptors (Lipinski definition) is 2. The Hall–Kier alpha value is -5.00. The first-order valence-electron chi connectivity index (χ1n) is 18.1. The van der Waals surface area contributed by atoms with Crippen molar-refractivity contribution in [1.29, 1.82) is 0 Å². The second kappa shape index (κ2) is 10.8. The van der Waals surface area contributed by atoms with E-state index in [-0.39, 0.29) is 10.8 Å². The molecule has 0 N–H and O–H groups in total. The summed E-state index contributed by atoms with van der Waals surface area (Å²) in [5, 5.41) is 7.90. The van der Waals surface area contributed by atoms with Crippen LogP contribution in [-0.4, -0.2) is 0 Å². The van der Waals surface area contributed by atoms with Gasteiger partial charge < -0.3 is 9.47 Å². The quantitative estimate of drug-likeness (QED) is 0.167. The number of benzene rings is 7. The molecule has 2 aliphatic carbocycles. The van der Waals surface area contributed by atoms with Crippen LogP contribution in [-0.2, 0) is 10.8 Å². The number of fused-ring (bicyclic) bond motifs is 10. The van der Waals surface area contributed by atoms with Crippen molar-refractivity contribution in [3.8, 4) is 45.3 Å². The molecule has 0 unspecified atom stereocenters. The van der Waals surface area contributed by atoms with Gasteiger partial charge in [-0.25, -0.2) is 0 Å². The molecule has 2 aliphatic heterocycles. The van der Waals surface area contributed by atoms with Crippen molar-refractivity contribution in [2.45, 2.75) is 38.5 Å². The molecule has 0 fully saturated rings. The highest BCUT2D eigenvalue weighted by Gasteiger charge is 2.43. The van der Waals surface area contributed by atoms with Crippen molar-refractivity contribution < 1.29 is 9.47 Å². The molecule has 0 bridgehead atoms. The molecule has 0 atom stereocenters. The van der Waals surface area contributed by atoms with E-state index in [1.165, 1.54) is 76.3 Å². The highest BCUT2D eigenvalue weighted by molar-refractivity contribution is 7.80. The molecule has 2 nitrogen and oxygen atoms in total. The molecule has 7 aromatic carbocycles. The van der Waals surface area contributed by atoms with E-state index in [4.69, 9.17) is 9.47 Å². The Kier molecular flexibility index (Phi) is 6.34. The van der Waals surface area contributed by atoms with E-state index in [2.05, 4.69) is 173 Å². The van der Waals surface area contributed by atoms with Crippen LogP contribution in [0.3, 0.4) is 0 Å². The summed E-state index contributed by atoms with van der Waals surface area (Å²) in [7, 11) is -1.50. The van der Waals surface area contributed by atoms with Crippen LogP contribution < -0.4 is 41.3 Å². The molecule has 52 heavy (non-hydrogen) atoms. The number of rotatable bonds is 2. The molecule has 0 spiro atoms. The zero-order valence-electron chi connectivity index (χ0n) is 29.6. The summed E-state index contributed by atoms with van der Waals surface area (Å²) in [6.07, 6.45) is 0. The van der Waals surface area contributed by atoms with Crippen LogP contribution in [0.2, 0.25) is 0 Å². The molecule has 4 aliphatic rings. The number of para-hydroxylation sites is 4. The summed E-state index contributed by atoms with van der Waals surface area (Å²) in [4.78, 5) is 0. The van der Waals surface area contributed by atoms with Crippen LogP contribution in [0.25, 0.3) is 22.3 Å². The lowest BCUT2D eigenvalue weighted by Crippen LogP contribution is -2.27. The highest BCUT2D eigenvalue weighted by Crippen LogP contribution is 2.57. The maximum atomic E-state index is 6.39. The van der Waals surface area contributed by atoms with Gasteiger partial charge in [-0.3, -0.25) is 0 Å². The Morgan fingerprint density at radius 2 is 0.654 bits per heavy atom. The van der Waals surface area contributed by atoms with Crippen molar-refractivity contribution in [1.82, 2.24) is 0 Å². The van der Waals surface area contributed by atoms with Crippen molar-refractivity contribution in [2.75, 3.05) is 0 Å². The second-order valence-electron chi connectivity index (χ2n) is 15.4. The largest absolute Gasteiger partial charge is 0.456 e. The normalized spacial score (nSPS) is 16.5. The molecule has 0 amide bonds. The summed E-state index contributed by atoms with van der Waals surface area (Å²) >= 11 is 0. The van der Waals surface area contributed by atoms with E-state index in [1.807, 2.05) is 0 Å². The maximum absolute atomic E-state index is 6.39. The first-order valence-corrected chi connectivity index (χ1v) is 20.8. The summed E-state index contributed by atoms with van der Waals surface area (Å²) in [5.74, 6) is 3.90. The topological polar surface area (TPSA) is 18.5 Å². The average molecular weight is 707 g/mol. The van der Waals surface area contributed by atoms with Gasteiger partial charge in [0.05, 0.1) is 0 Å². The average Bonchev–Trinajstić information content (AvgIpc) is 3.53. The molecule has 0 aromatic heterocycles. The summed E-state index contributed by atoms with van der Waals surface area (Å²) < 4.78 is 12.8. The molecule has 7 aromatic rings. The second-order valence-corrected chi connectivity index (χ2v) is 19.7. The SMILES string of the molecule is CC1(C)c2cc(P3c4ccccc4Oc4ccccc43)ccc2-c2cc3c(cc21)-c1ccc(P2c4ccccc4Oc4ccccc42)cc1C3(C)C. The highest BCUT2D eigenvalue weighted by atomic mass is 31.1. The third-order valence-corrected chi connectivity index (χ3v) is 16.8. The Balaban J connectivity index is 1.02. The van der Waals surface area contributed by atoms with Crippen LogP contribution in [0.4, 0.5) is 0 Å². The molecule has 2 heterocycles. The third-order valence-electron chi connectivity index (χ3n) is 11.8. The van der Waals surface area contributed by atoms with Gasteiger partial charge in [0.15, 0.2) is 0 Å². The minimum absolute atomic E-state index is 0.137. The van der Waals surface area contributed by atoms with Crippen molar-refractivity contribution >= 4 is 47.7 Å². The summed E-state index contributed by atoms with van der Waals surface area (Å²) in [5.41, 5.74) is 10.9. The first-order chi connectivity index (χ1) is 25.3. The van der Waals surface area contributed by atoms with Gasteiger partial charge in [0.1, 0.15) is 23.0 Å². The van der Waals surface area contributed by atoms with Crippen LogP contribution in [0.5, 0.6) is 23.0 Å². The molecule has 0 saturated heterocycles. The van der Waals surface area contributed by atoms with Gasteiger partial charge in [0.2, 0.25) is 0 Å². The van der Waals surface area contributed by atoms with E-state index in [1.54, 1.807) is 0 Å². The third kappa shape index (κ3) is 4.14. The van der Waals surface area contributed by atoms with Gasteiger partial charge in [0, 0.05) is 32.0 Å². The van der Waals surface area contributed by atoms with Crippen molar-refractivity contribution in [3.05, 3.63) is 168 Å². The van der Waals surface area contributed by atoms with E-state index in [0.29, 0.717) is 0 Å². The van der Waals surface area contributed by atoms with Crippen molar-refractivity contribution in [2.24, 2.45) is 0 Å². The molecular weight excluding hydrogens is 670 g/mol. The Morgan fingerprint density at radius 3 is 1.00 bits per heavy atom. The number of ether oxygens (including phenoxy) is 2. The van der Waals surface area contributed by atoms with Gasteiger partial charge in [-0.05, 0) is 119 Å². The van der Waals surface area contributed by atoms with E-state index >= 15 is 0 Å². The van der Waals surface area contributed by atoms with Crippen LogP contribution in [0.1, 0.15) is 49.9 Å². The monoisotopic (exact) mass is 706 g/mol. The van der Waals surface area contributed by atoms with Crippen molar-refractivity contribution in [3.63, 3.8) is 0 Å². The molecule has 0 saturated carbocycles. The molecule has 11 rings (SSSR count). The van der Waals surface area contributed by atoms with E-state index < -0.39 is 15.8 Å². The van der Waals surface area contributed by atoms with E-state index in [0.717, 1.165) is 23.0 Å². The summed E-state index contributed by atoms with van der Waals surface area (Å²) in [6.45, 7) is 9.67. The lowest BCUT2D eigenvalue weighted by Gasteiger charge is -2.30. The first kappa shape index (κ1) is 30.6. The summed E-state index contributed by atoms with van der Waals surface area (Å²) in [6, 6.07) is 54.0. The van der Waals surface area contributed by atoms with Crippen LogP contribution >= 0.6 is 15.8 Å². The lowest BCUT2D eigenvalue weighted by molar-refractivity contribution is 0.488. The van der Waals surface area contributed by atoms with Crippen LogP contribution in [0.15, 0.2) is 146 Å². The molecular formula is C48H36O2P2. The smallest absolute Gasteiger partial charge is 0.135 e.